The number of hydrogen-bond acceptors (Lipinski definition) is 3. The molecule has 1 aromatic heterocycles. The number of nitrogens with one attached hydrogen (secondary N) is 1. The van der Waals surface area contributed by atoms with Crippen LogP contribution >= 0.6 is 27.3 Å². The first kappa shape index (κ1) is 9.93. The van der Waals surface area contributed by atoms with Crippen LogP contribution in [0.3, 0.4) is 0 Å². The van der Waals surface area contributed by atoms with Crippen LogP contribution in [0.25, 0.3) is 0 Å². The van der Waals surface area contributed by atoms with Crippen LogP contribution in [0.15, 0.2) is 27.8 Å². The molecule has 0 saturated heterocycles. The molecular weight excluding hydrogens is 260 g/mol. The standard InChI is InChI=1S/C10H11BrN2S/c1-2-7-5-8(11)10(14-7)9-3-4-12-6-13-9/h3-6,9H,2H2,1H3,(H,12,13)/t9-/m0/s1. The van der Waals surface area contributed by atoms with E-state index >= 15 is 0 Å². The minimum absolute atomic E-state index is 0.177. The molecular formula is C10H11BrN2S. The molecule has 0 spiro atoms. The van der Waals surface area contributed by atoms with E-state index in [0.717, 1.165) is 6.42 Å². The topological polar surface area (TPSA) is 24.4 Å². The average Bonchev–Trinajstić information content (AvgIpc) is 2.61. The summed E-state index contributed by atoms with van der Waals surface area (Å²) in [4.78, 5) is 7.05. The van der Waals surface area contributed by atoms with Gasteiger partial charge in [0.2, 0.25) is 0 Å². The van der Waals surface area contributed by atoms with Gasteiger partial charge in [-0.1, -0.05) is 6.92 Å². The first-order chi connectivity index (χ1) is 6.81. The molecule has 0 saturated carbocycles. The third-order valence-corrected chi connectivity index (χ3v) is 4.33. The number of nitrogens with zero attached hydrogens (tertiary/aromatic N) is 1. The predicted molar refractivity (Wildman–Crippen MR) is 64.9 cm³/mol. The zero-order valence-corrected chi connectivity index (χ0v) is 10.2. The lowest BCUT2D eigenvalue weighted by atomic mass is 10.2. The summed E-state index contributed by atoms with van der Waals surface area (Å²) in [5.74, 6) is 0. The van der Waals surface area contributed by atoms with Gasteiger partial charge in [0.25, 0.3) is 0 Å². The summed E-state index contributed by atoms with van der Waals surface area (Å²) in [6.45, 7) is 2.17. The van der Waals surface area contributed by atoms with E-state index < -0.39 is 0 Å². The molecule has 0 fully saturated rings. The van der Waals surface area contributed by atoms with Crippen LogP contribution in [0.4, 0.5) is 0 Å². The fourth-order valence-electron chi connectivity index (χ4n) is 1.33. The fraction of sp³-hybridized carbons (Fsp3) is 0.300. The second-order valence-corrected chi connectivity index (χ2v) is 5.05. The maximum absolute atomic E-state index is 4.37. The lowest BCUT2D eigenvalue weighted by Gasteiger charge is -2.09. The molecule has 0 aliphatic carbocycles. The van der Waals surface area contributed by atoms with E-state index in [9.17, 15) is 0 Å². The second-order valence-electron chi connectivity index (χ2n) is 3.03. The number of rotatable bonds is 2. The van der Waals surface area contributed by atoms with E-state index in [2.05, 4.69) is 45.3 Å². The number of hydrogen-bond donors (Lipinski definition) is 1. The Bertz CT molecular complexity index is 369. The maximum Gasteiger partial charge on any atom is 0.107 e. The molecule has 2 heterocycles. The Kier molecular flexibility index (Phi) is 3.03. The Morgan fingerprint density at radius 1 is 1.64 bits per heavy atom. The SMILES string of the molecule is CCc1cc(Br)c([C@@H]2C=CNC=N2)s1. The van der Waals surface area contributed by atoms with Crippen LogP contribution in [-0.2, 0) is 6.42 Å². The van der Waals surface area contributed by atoms with Crippen LogP contribution in [0.5, 0.6) is 0 Å². The predicted octanol–water partition coefficient (Wildman–Crippen LogP) is 3.26. The second kappa shape index (κ2) is 4.28. The molecule has 14 heavy (non-hydrogen) atoms. The highest BCUT2D eigenvalue weighted by molar-refractivity contribution is 9.10. The molecule has 0 amide bonds. The van der Waals surface area contributed by atoms with Crippen molar-refractivity contribution in [2.45, 2.75) is 19.4 Å². The van der Waals surface area contributed by atoms with Crippen molar-refractivity contribution in [2.75, 3.05) is 0 Å². The summed E-state index contributed by atoms with van der Waals surface area (Å²) in [6, 6.07) is 2.36. The summed E-state index contributed by atoms with van der Waals surface area (Å²) in [5.41, 5.74) is 0. The van der Waals surface area contributed by atoms with Gasteiger partial charge in [-0.05, 0) is 34.5 Å². The lowest BCUT2D eigenvalue weighted by molar-refractivity contribution is 0.900. The number of aryl methyl sites for hydroxylation is 1. The number of aliphatic imine (C=N–C) groups is 1. The normalized spacial score (nSPS) is 19.7. The van der Waals surface area contributed by atoms with E-state index in [1.54, 1.807) is 6.34 Å². The third kappa shape index (κ3) is 1.91. The molecule has 2 rings (SSSR count). The van der Waals surface area contributed by atoms with Crippen LogP contribution in [0.2, 0.25) is 0 Å². The molecule has 4 heteroatoms. The van der Waals surface area contributed by atoms with Crippen molar-refractivity contribution in [3.05, 3.63) is 32.6 Å². The summed E-state index contributed by atoms with van der Waals surface area (Å²) in [7, 11) is 0. The Balaban J connectivity index is 2.30. The molecule has 1 aromatic rings. The molecule has 1 N–H and O–H groups in total. The molecule has 74 valence electrons. The molecule has 0 unspecified atom stereocenters. The Labute approximate surface area is 95.9 Å². The van der Waals surface area contributed by atoms with Crippen LogP contribution in [0.1, 0.15) is 22.7 Å². The van der Waals surface area contributed by atoms with Crippen molar-refractivity contribution >= 4 is 33.6 Å². The maximum atomic E-state index is 4.37. The van der Waals surface area contributed by atoms with Gasteiger partial charge in [-0.3, -0.25) is 4.99 Å². The van der Waals surface area contributed by atoms with E-state index in [4.69, 9.17) is 0 Å². The Morgan fingerprint density at radius 3 is 3.07 bits per heavy atom. The van der Waals surface area contributed by atoms with Crippen molar-refractivity contribution in [3.63, 3.8) is 0 Å². The lowest BCUT2D eigenvalue weighted by Crippen LogP contribution is -2.07. The van der Waals surface area contributed by atoms with E-state index in [1.165, 1.54) is 14.2 Å². The molecule has 0 radical (unpaired) electrons. The van der Waals surface area contributed by atoms with Gasteiger partial charge < -0.3 is 5.32 Å². The monoisotopic (exact) mass is 270 g/mol. The first-order valence-corrected chi connectivity index (χ1v) is 6.14. The van der Waals surface area contributed by atoms with Gasteiger partial charge >= 0.3 is 0 Å². The van der Waals surface area contributed by atoms with Crippen LogP contribution in [0, 0.1) is 0 Å². The highest BCUT2D eigenvalue weighted by Crippen LogP contribution is 2.35. The van der Waals surface area contributed by atoms with E-state index in [0.29, 0.717) is 0 Å². The van der Waals surface area contributed by atoms with E-state index in [-0.39, 0.29) is 6.04 Å². The molecule has 1 aliphatic rings. The molecule has 1 aliphatic heterocycles. The zero-order chi connectivity index (χ0) is 9.97. The Hall–Kier alpha value is -0.610. The average molecular weight is 271 g/mol. The summed E-state index contributed by atoms with van der Waals surface area (Å²) in [5, 5.41) is 2.94. The number of halogens is 1. The number of thiophene rings is 1. The smallest absolute Gasteiger partial charge is 0.107 e. The summed E-state index contributed by atoms with van der Waals surface area (Å²) in [6.07, 6.45) is 6.82. The first-order valence-electron chi connectivity index (χ1n) is 4.53. The van der Waals surface area contributed by atoms with Gasteiger partial charge in [-0.2, -0.15) is 0 Å². The van der Waals surface area contributed by atoms with Gasteiger partial charge in [0.05, 0.1) is 6.34 Å². The van der Waals surface area contributed by atoms with Gasteiger partial charge in [-0.15, -0.1) is 11.3 Å². The quantitative estimate of drug-likeness (QED) is 0.877. The molecule has 2 nitrogen and oxygen atoms in total. The van der Waals surface area contributed by atoms with E-state index in [1.807, 2.05) is 17.5 Å². The van der Waals surface area contributed by atoms with Gasteiger partial charge in [0.1, 0.15) is 6.04 Å². The Morgan fingerprint density at radius 2 is 2.50 bits per heavy atom. The molecule has 1 atom stereocenters. The van der Waals surface area contributed by atoms with Crippen LogP contribution in [-0.4, -0.2) is 6.34 Å². The van der Waals surface area contributed by atoms with Gasteiger partial charge in [0.15, 0.2) is 0 Å². The largest absolute Gasteiger partial charge is 0.353 e. The van der Waals surface area contributed by atoms with Gasteiger partial charge in [0, 0.05) is 20.4 Å². The minimum Gasteiger partial charge on any atom is -0.353 e. The highest BCUT2D eigenvalue weighted by Gasteiger charge is 2.14. The van der Waals surface area contributed by atoms with Crippen molar-refractivity contribution in [1.29, 1.82) is 0 Å². The molecule has 0 bridgehead atoms. The highest BCUT2D eigenvalue weighted by atomic mass is 79.9. The van der Waals surface area contributed by atoms with Crippen molar-refractivity contribution in [3.8, 4) is 0 Å². The van der Waals surface area contributed by atoms with Crippen molar-refractivity contribution in [1.82, 2.24) is 5.32 Å². The van der Waals surface area contributed by atoms with Gasteiger partial charge in [-0.25, -0.2) is 0 Å². The zero-order valence-electron chi connectivity index (χ0n) is 7.83. The summed E-state index contributed by atoms with van der Waals surface area (Å²) < 4.78 is 1.17. The fourth-order valence-corrected chi connectivity index (χ4v) is 3.25. The third-order valence-electron chi connectivity index (χ3n) is 2.07. The van der Waals surface area contributed by atoms with Crippen LogP contribution < -0.4 is 5.32 Å². The summed E-state index contributed by atoms with van der Waals surface area (Å²) >= 11 is 5.40. The molecule has 0 aromatic carbocycles. The van der Waals surface area contributed by atoms with Crippen molar-refractivity contribution in [2.24, 2.45) is 4.99 Å². The van der Waals surface area contributed by atoms with Crippen molar-refractivity contribution < 1.29 is 0 Å². The minimum atomic E-state index is 0.177.